The number of anilines is 1. The maximum Gasteiger partial charge on any atom is 0.460 e. The van der Waals surface area contributed by atoms with Crippen LogP contribution in [0, 0.1) is 10.1 Å². The van der Waals surface area contributed by atoms with Crippen LogP contribution in [0.5, 0.6) is 0 Å². The highest BCUT2D eigenvalue weighted by atomic mass is 19.4. The van der Waals surface area contributed by atoms with Gasteiger partial charge < -0.3 is 5.32 Å². The molecule has 0 spiro atoms. The van der Waals surface area contributed by atoms with Gasteiger partial charge in [-0.15, -0.1) is 0 Å². The highest BCUT2D eigenvalue weighted by Crippen LogP contribution is 2.53. The van der Waals surface area contributed by atoms with Gasteiger partial charge in [0.2, 0.25) is 0 Å². The number of benzene rings is 1. The van der Waals surface area contributed by atoms with Crippen LogP contribution in [-0.2, 0) is 4.79 Å². The van der Waals surface area contributed by atoms with Crippen LogP contribution in [0.2, 0.25) is 0 Å². The second kappa shape index (κ2) is 6.07. The van der Waals surface area contributed by atoms with Crippen LogP contribution in [0.25, 0.3) is 0 Å². The molecule has 0 aliphatic heterocycles. The molecule has 14 heteroatoms. The Labute approximate surface area is 131 Å². The number of rotatable bonds is 5. The first kappa shape index (κ1) is 20.5. The standard InChI is InChI=1S/C11H5F9N2O3/c12-8(13,9(14,15)10(16,17)11(18,19)20)7(23)21-5-1-3-6(4-2-5)22(24)25/h1-4H,(H,21,23). The summed E-state index contributed by atoms with van der Waals surface area (Å²) in [7, 11) is 0. The van der Waals surface area contributed by atoms with Crippen molar-refractivity contribution in [2.24, 2.45) is 0 Å². The van der Waals surface area contributed by atoms with Crippen molar-refractivity contribution in [2.45, 2.75) is 23.9 Å². The molecule has 1 aromatic carbocycles. The van der Waals surface area contributed by atoms with Crippen LogP contribution >= 0.6 is 0 Å². The van der Waals surface area contributed by atoms with Gasteiger partial charge in [0.05, 0.1) is 4.92 Å². The largest absolute Gasteiger partial charge is 0.460 e. The number of halogens is 9. The number of nitro groups is 1. The summed E-state index contributed by atoms with van der Waals surface area (Å²) in [6.07, 6.45) is -7.05. The van der Waals surface area contributed by atoms with Gasteiger partial charge >= 0.3 is 29.9 Å². The molecule has 0 saturated heterocycles. The lowest BCUT2D eigenvalue weighted by Gasteiger charge is -2.32. The Hall–Kier alpha value is -2.54. The van der Waals surface area contributed by atoms with Crippen molar-refractivity contribution < 1.29 is 49.2 Å². The smallest absolute Gasteiger partial charge is 0.321 e. The van der Waals surface area contributed by atoms with Gasteiger partial charge in [-0.1, -0.05) is 0 Å². The second-order valence-corrected chi connectivity index (χ2v) is 4.48. The van der Waals surface area contributed by atoms with E-state index in [1.165, 1.54) is 0 Å². The number of non-ortho nitro benzene ring substituents is 1. The third-order valence-corrected chi connectivity index (χ3v) is 2.77. The van der Waals surface area contributed by atoms with Crippen molar-refractivity contribution in [2.75, 3.05) is 5.32 Å². The number of carbonyl (C=O) groups excluding carboxylic acids is 1. The van der Waals surface area contributed by atoms with Crippen molar-refractivity contribution in [3.8, 4) is 0 Å². The summed E-state index contributed by atoms with van der Waals surface area (Å²) in [5.74, 6) is -23.9. The van der Waals surface area contributed by atoms with Crippen molar-refractivity contribution >= 4 is 17.3 Å². The topological polar surface area (TPSA) is 72.2 Å². The molecule has 1 N–H and O–H groups in total. The van der Waals surface area contributed by atoms with E-state index in [2.05, 4.69) is 0 Å². The summed E-state index contributed by atoms with van der Waals surface area (Å²) in [6.45, 7) is 0. The van der Waals surface area contributed by atoms with E-state index < -0.39 is 46.1 Å². The third kappa shape index (κ3) is 3.46. The van der Waals surface area contributed by atoms with Gasteiger partial charge in [-0.25, -0.2) is 0 Å². The van der Waals surface area contributed by atoms with E-state index in [1.54, 1.807) is 0 Å². The number of nitrogens with zero attached hydrogens (tertiary/aromatic N) is 1. The zero-order valence-electron chi connectivity index (χ0n) is 11.4. The van der Waals surface area contributed by atoms with Crippen molar-refractivity contribution in [3.63, 3.8) is 0 Å². The zero-order chi connectivity index (χ0) is 19.8. The Morgan fingerprint density at radius 2 is 1.32 bits per heavy atom. The van der Waals surface area contributed by atoms with Gasteiger partial charge in [-0.2, -0.15) is 39.5 Å². The number of carbonyl (C=O) groups is 1. The monoisotopic (exact) mass is 384 g/mol. The SMILES string of the molecule is O=C(Nc1ccc([N+](=O)[O-])cc1)C(F)(F)C(F)(F)C(F)(F)C(F)(F)F. The van der Waals surface area contributed by atoms with Gasteiger partial charge in [0.25, 0.3) is 5.69 Å². The number of hydrogen-bond donors (Lipinski definition) is 1. The molecule has 0 atom stereocenters. The summed E-state index contributed by atoms with van der Waals surface area (Å²) >= 11 is 0. The molecule has 0 saturated carbocycles. The normalized spacial score (nSPS) is 13.5. The van der Waals surface area contributed by atoms with Gasteiger partial charge in [0, 0.05) is 17.8 Å². The zero-order valence-corrected chi connectivity index (χ0v) is 11.4. The van der Waals surface area contributed by atoms with E-state index in [1.807, 2.05) is 0 Å². The maximum atomic E-state index is 13.3. The molecule has 0 aliphatic carbocycles. The lowest BCUT2D eigenvalue weighted by Crippen LogP contribution is -2.64. The summed E-state index contributed by atoms with van der Waals surface area (Å²) in [6, 6.07) is 2.42. The first-order valence-corrected chi connectivity index (χ1v) is 5.82. The fourth-order valence-corrected chi connectivity index (χ4v) is 1.39. The Kier molecular flexibility index (Phi) is 4.98. The summed E-state index contributed by atoms with van der Waals surface area (Å²) in [5.41, 5.74) is -1.37. The molecule has 0 heterocycles. The number of hydrogen-bond acceptors (Lipinski definition) is 3. The lowest BCUT2D eigenvalue weighted by molar-refractivity contribution is -0.388. The van der Waals surface area contributed by atoms with Crippen LogP contribution in [0.1, 0.15) is 0 Å². The van der Waals surface area contributed by atoms with Crippen LogP contribution in [0.4, 0.5) is 50.9 Å². The molecule has 0 aromatic heterocycles. The Morgan fingerprint density at radius 1 is 0.880 bits per heavy atom. The minimum Gasteiger partial charge on any atom is -0.321 e. The molecular weight excluding hydrogens is 379 g/mol. The highest BCUT2D eigenvalue weighted by Gasteiger charge is 2.83. The fraction of sp³-hybridized carbons (Fsp3) is 0.364. The van der Waals surface area contributed by atoms with Crippen LogP contribution in [0.3, 0.4) is 0 Å². The molecule has 1 amide bonds. The quantitative estimate of drug-likeness (QED) is 0.474. The molecule has 0 aliphatic rings. The fourth-order valence-electron chi connectivity index (χ4n) is 1.39. The second-order valence-electron chi connectivity index (χ2n) is 4.48. The predicted molar refractivity (Wildman–Crippen MR) is 62.6 cm³/mol. The third-order valence-electron chi connectivity index (χ3n) is 2.77. The first-order valence-electron chi connectivity index (χ1n) is 5.82. The summed E-state index contributed by atoms with van der Waals surface area (Å²) < 4.78 is 114. The van der Waals surface area contributed by atoms with Gasteiger partial charge in [-0.05, 0) is 12.1 Å². The van der Waals surface area contributed by atoms with E-state index in [-0.39, 0.29) is 0 Å². The minimum absolute atomic E-state index is 0.576. The summed E-state index contributed by atoms with van der Waals surface area (Å²) in [4.78, 5) is 20.5. The molecule has 0 fully saturated rings. The maximum absolute atomic E-state index is 13.3. The number of alkyl halides is 9. The predicted octanol–water partition coefficient (Wildman–Crippen LogP) is 4.00. The highest BCUT2D eigenvalue weighted by molar-refractivity contribution is 5.97. The van der Waals surface area contributed by atoms with Crippen molar-refractivity contribution in [1.82, 2.24) is 0 Å². The Balaban J connectivity index is 3.11. The molecule has 0 radical (unpaired) electrons. The molecule has 1 rings (SSSR count). The first-order chi connectivity index (χ1) is 11.1. The number of nitrogens with one attached hydrogen (secondary N) is 1. The van der Waals surface area contributed by atoms with E-state index in [9.17, 15) is 54.4 Å². The van der Waals surface area contributed by atoms with Crippen LogP contribution < -0.4 is 5.32 Å². The van der Waals surface area contributed by atoms with Gasteiger partial charge in [0.1, 0.15) is 0 Å². The van der Waals surface area contributed by atoms with E-state index in [0.29, 0.717) is 24.3 Å². The molecule has 25 heavy (non-hydrogen) atoms. The molecule has 0 unspecified atom stereocenters. The lowest BCUT2D eigenvalue weighted by atomic mass is 10.0. The number of nitro benzene ring substituents is 1. The molecule has 140 valence electrons. The minimum atomic E-state index is -7.20. The molecular formula is C11H5F9N2O3. The summed E-state index contributed by atoms with van der Waals surface area (Å²) in [5, 5.41) is 11.3. The molecule has 0 bridgehead atoms. The van der Waals surface area contributed by atoms with E-state index in [0.717, 1.165) is 5.32 Å². The average molecular weight is 384 g/mol. The van der Waals surface area contributed by atoms with Crippen molar-refractivity contribution in [3.05, 3.63) is 34.4 Å². The Morgan fingerprint density at radius 3 is 1.68 bits per heavy atom. The van der Waals surface area contributed by atoms with Gasteiger partial charge in [-0.3, -0.25) is 14.9 Å². The van der Waals surface area contributed by atoms with E-state index in [4.69, 9.17) is 0 Å². The molecule has 1 aromatic rings. The van der Waals surface area contributed by atoms with Gasteiger partial charge in [0.15, 0.2) is 0 Å². The van der Waals surface area contributed by atoms with E-state index >= 15 is 0 Å². The average Bonchev–Trinajstić information content (AvgIpc) is 2.46. The van der Waals surface area contributed by atoms with Crippen LogP contribution in [-0.4, -0.2) is 34.8 Å². The Bertz CT molecular complexity index is 670. The number of amides is 1. The molecule has 5 nitrogen and oxygen atoms in total. The van der Waals surface area contributed by atoms with Crippen LogP contribution in [0.15, 0.2) is 24.3 Å². The van der Waals surface area contributed by atoms with Crippen molar-refractivity contribution in [1.29, 1.82) is 0 Å².